The summed E-state index contributed by atoms with van der Waals surface area (Å²) in [6.45, 7) is 0.765. The lowest BCUT2D eigenvalue weighted by molar-refractivity contribution is -0.125. The minimum atomic E-state index is 0.0157. The van der Waals surface area contributed by atoms with Crippen molar-refractivity contribution in [1.29, 1.82) is 0 Å². The summed E-state index contributed by atoms with van der Waals surface area (Å²) in [7, 11) is 0. The summed E-state index contributed by atoms with van der Waals surface area (Å²) in [5, 5.41) is 3.01. The van der Waals surface area contributed by atoms with E-state index in [4.69, 9.17) is 9.47 Å². The summed E-state index contributed by atoms with van der Waals surface area (Å²) < 4.78 is 10.6. The average molecular weight is 299 g/mol. The van der Waals surface area contributed by atoms with Gasteiger partial charge in [-0.1, -0.05) is 6.07 Å². The highest BCUT2D eigenvalue weighted by molar-refractivity contribution is 5.79. The molecule has 6 nitrogen and oxygen atoms in total. The van der Waals surface area contributed by atoms with Gasteiger partial charge in [-0.15, -0.1) is 0 Å². The molecule has 0 saturated carbocycles. The molecule has 0 radical (unpaired) electrons. The maximum absolute atomic E-state index is 12.3. The van der Waals surface area contributed by atoms with E-state index in [-0.39, 0.29) is 18.6 Å². The fraction of sp³-hybridized carbons (Fsp3) is 0.375. The van der Waals surface area contributed by atoms with Gasteiger partial charge in [0.25, 0.3) is 0 Å². The van der Waals surface area contributed by atoms with E-state index < -0.39 is 0 Å². The van der Waals surface area contributed by atoms with Crippen molar-refractivity contribution in [2.24, 2.45) is 5.92 Å². The zero-order valence-corrected chi connectivity index (χ0v) is 12.1. The Kier molecular flexibility index (Phi) is 3.21. The first-order chi connectivity index (χ1) is 10.8. The number of H-pyrrole nitrogens is 1. The van der Waals surface area contributed by atoms with E-state index >= 15 is 0 Å². The number of aryl methyl sites for hydroxylation is 1. The van der Waals surface area contributed by atoms with Gasteiger partial charge in [0.2, 0.25) is 12.7 Å². The van der Waals surface area contributed by atoms with Crippen LogP contribution in [0.15, 0.2) is 24.5 Å². The maximum Gasteiger partial charge on any atom is 0.231 e. The third kappa shape index (κ3) is 2.41. The number of carbonyl (C=O) groups excluding carboxylic acids is 1. The number of hydrogen-bond donors (Lipinski definition) is 2. The van der Waals surface area contributed by atoms with Gasteiger partial charge in [0.05, 0.1) is 12.0 Å². The van der Waals surface area contributed by atoms with Crippen LogP contribution in [-0.2, 0) is 24.2 Å². The predicted octanol–water partition coefficient (Wildman–Crippen LogP) is 1.56. The number of amides is 1. The van der Waals surface area contributed by atoms with Crippen molar-refractivity contribution in [2.45, 2.75) is 25.8 Å². The number of nitrogens with one attached hydrogen (secondary N) is 2. The van der Waals surface area contributed by atoms with Crippen molar-refractivity contribution in [3.63, 3.8) is 0 Å². The van der Waals surface area contributed by atoms with Crippen LogP contribution in [0.5, 0.6) is 11.5 Å². The monoisotopic (exact) mass is 299 g/mol. The third-order valence-electron chi connectivity index (χ3n) is 4.26. The maximum atomic E-state index is 12.3. The van der Waals surface area contributed by atoms with E-state index in [9.17, 15) is 4.79 Å². The van der Waals surface area contributed by atoms with Crippen LogP contribution in [0.3, 0.4) is 0 Å². The second kappa shape index (κ2) is 5.36. The molecule has 6 heteroatoms. The fourth-order valence-corrected chi connectivity index (χ4v) is 3.01. The molecule has 1 aromatic carbocycles. The van der Waals surface area contributed by atoms with Crippen molar-refractivity contribution in [1.82, 2.24) is 15.3 Å². The molecular weight excluding hydrogens is 282 g/mol. The van der Waals surface area contributed by atoms with Crippen LogP contribution in [0.25, 0.3) is 0 Å². The van der Waals surface area contributed by atoms with Crippen molar-refractivity contribution in [2.75, 3.05) is 6.79 Å². The number of nitrogens with zero attached hydrogens (tertiary/aromatic N) is 1. The zero-order chi connectivity index (χ0) is 14.9. The number of hydrogen-bond acceptors (Lipinski definition) is 4. The van der Waals surface area contributed by atoms with E-state index in [1.54, 1.807) is 6.33 Å². The first kappa shape index (κ1) is 13.2. The molecule has 2 aromatic rings. The lowest BCUT2D eigenvalue weighted by Crippen LogP contribution is -2.33. The minimum Gasteiger partial charge on any atom is -0.454 e. The molecule has 1 aliphatic heterocycles. The van der Waals surface area contributed by atoms with Crippen LogP contribution in [0.4, 0.5) is 0 Å². The second-order valence-electron chi connectivity index (χ2n) is 5.67. The van der Waals surface area contributed by atoms with Crippen LogP contribution in [-0.4, -0.2) is 22.7 Å². The van der Waals surface area contributed by atoms with E-state index in [0.29, 0.717) is 6.54 Å². The summed E-state index contributed by atoms with van der Waals surface area (Å²) in [4.78, 5) is 19.7. The van der Waals surface area contributed by atoms with Gasteiger partial charge in [-0.25, -0.2) is 4.98 Å². The normalized spacial score (nSPS) is 18.8. The number of aromatic nitrogens is 2. The fourth-order valence-electron chi connectivity index (χ4n) is 3.01. The minimum absolute atomic E-state index is 0.0157. The molecule has 2 N–H and O–H groups in total. The number of fused-ring (bicyclic) bond motifs is 2. The topological polar surface area (TPSA) is 76.2 Å². The highest BCUT2D eigenvalue weighted by atomic mass is 16.7. The molecular formula is C16H17N3O3. The van der Waals surface area contributed by atoms with Crippen LogP contribution in [0.1, 0.15) is 23.4 Å². The van der Waals surface area contributed by atoms with E-state index in [2.05, 4.69) is 15.3 Å². The SMILES string of the molecule is O=C(NCc1ccc2c(c1)OCO2)[C@@H]1CCc2nc[nH]c2C1. The van der Waals surface area contributed by atoms with Gasteiger partial charge in [0.1, 0.15) is 0 Å². The number of rotatable bonds is 3. The Labute approximate surface area is 127 Å². The highest BCUT2D eigenvalue weighted by Gasteiger charge is 2.26. The number of benzene rings is 1. The van der Waals surface area contributed by atoms with Gasteiger partial charge in [-0.2, -0.15) is 0 Å². The molecule has 2 aliphatic rings. The Morgan fingerprint density at radius 3 is 3.23 bits per heavy atom. The number of aromatic amines is 1. The Bertz CT molecular complexity index is 710. The largest absolute Gasteiger partial charge is 0.454 e. The van der Waals surface area contributed by atoms with Crippen molar-refractivity contribution >= 4 is 5.91 Å². The van der Waals surface area contributed by atoms with Gasteiger partial charge in [-0.05, 0) is 30.5 Å². The van der Waals surface area contributed by atoms with E-state index in [1.807, 2.05) is 18.2 Å². The number of imidazole rings is 1. The molecule has 1 aliphatic carbocycles. The third-order valence-corrected chi connectivity index (χ3v) is 4.26. The molecule has 2 heterocycles. The van der Waals surface area contributed by atoms with Crippen LogP contribution in [0, 0.1) is 5.92 Å². The Morgan fingerprint density at radius 2 is 2.27 bits per heavy atom. The first-order valence-corrected chi connectivity index (χ1v) is 7.47. The highest BCUT2D eigenvalue weighted by Crippen LogP contribution is 2.32. The predicted molar refractivity (Wildman–Crippen MR) is 78.5 cm³/mol. The van der Waals surface area contributed by atoms with Crippen molar-refractivity contribution in [3.05, 3.63) is 41.5 Å². The summed E-state index contributed by atoms with van der Waals surface area (Å²) in [6, 6.07) is 5.74. The second-order valence-corrected chi connectivity index (χ2v) is 5.67. The summed E-state index contributed by atoms with van der Waals surface area (Å²) in [5.74, 6) is 1.61. The number of carbonyl (C=O) groups is 1. The molecule has 0 bridgehead atoms. The molecule has 1 aromatic heterocycles. The van der Waals surface area contributed by atoms with Gasteiger partial charge in [0.15, 0.2) is 11.5 Å². The number of ether oxygens (including phenoxy) is 2. The Balaban J connectivity index is 1.37. The van der Waals surface area contributed by atoms with Crippen LogP contribution >= 0.6 is 0 Å². The standard InChI is InChI=1S/C16H17N3O3/c20-16(11-2-3-12-13(6-11)19-8-18-12)17-7-10-1-4-14-15(5-10)22-9-21-14/h1,4-5,8,11H,2-3,6-7,9H2,(H,17,20)(H,18,19)/t11-/m1/s1. The van der Waals surface area contributed by atoms with E-state index in [0.717, 1.165) is 47.7 Å². The van der Waals surface area contributed by atoms with Gasteiger partial charge < -0.3 is 19.8 Å². The van der Waals surface area contributed by atoms with Crippen LogP contribution in [0.2, 0.25) is 0 Å². The molecule has 0 fully saturated rings. The Morgan fingerprint density at radius 1 is 1.36 bits per heavy atom. The van der Waals surface area contributed by atoms with E-state index in [1.165, 1.54) is 0 Å². The molecule has 22 heavy (non-hydrogen) atoms. The summed E-state index contributed by atoms with van der Waals surface area (Å²) >= 11 is 0. The summed E-state index contributed by atoms with van der Waals surface area (Å²) in [6.07, 6.45) is 4.16. The molecule has 4 rings (SSSR count). The molecule has 0 spiro atoms. The molecule has 1 amide bonds. The zero-order valence-electron chi connectivity index (χ0n) is 12.1. The van der Waals surface area contributed by atoms with Crippen LogP contribution < -0.4 is 14.8 Å². The van der Waals surface area contributed by atoms with Crippen molar-refractivity contribution < 1.29 is 14.3 Å². The Hall–Kier alpha value is -2.50. The molecule has 1 atom stereocenters. The molecule has 0 unspecified atom stereocenters. The van der Waals surface area contributed by atoms with Gasteiger partial charge >= 0.3 is 0 Å². The first-order valence-electron chi connectivity index (χ1n) is 7.47. The molecule has 0 saturated heterocycles. The van der Waals surface area contributed by atoms with Gasteiger partial charge in [-0.3, -0.25) is 4.79 Å². The quantitative estimate of drug-likeness (QED) is 0.902. The smallest absolute Gasteiger partial charge is 0.231 e. The average Bonchev–Trinajstić information content (AvgIpc) is 3.19. The summed E-state index contributed by atoms with van der Waals surface area (Å²) in [5.41, 5.74) is 3.20. The van der Waals surface area contributed by atoms with Crippen molar-refractivity contribution in [3.8, 4) is 11.5 Å². The molecule has 114 valence electrons. The lowest BCUT2D eigenvalue weighted by Gasteiger charge is -2.20. The lowest BCUT2D eigenvalue weighted by atomic mass is 9.89. The van der Waals surface area contributed by atoms with Gasteiger partial charge in [0, 0.05) is 24.6 Å².